The van der Waals surface area contributed by atoms with Crippen molar-refractivity contribution in [3.05, 3.63) is 137 Å². The molecule has 1 fully saturated rings. The largest absolute Gasteiger partial charge is 0.356 e. The molecule has 0 bridgehead atoms. The fraction of sp³-hybridized carbons (Fsp3) is 0.147. The van der Waals surface area contributed by atoms with E-state index >= 15 is 0 Å². The van der Waals surface area contributed by atoms with Crippen LogP contribution < -0.4 is 10.2 Å². The normalized spacial score (nSPS) is 17.7. The van der Waals surface area contributed by atoms with Crippen molar-refractivity contribution >= 4 is 34.4 Å². The zero-order valence-electron chi connectivity index (χ0n) is 22.9. The quantitative estimate of drug-likeness (QED) is 0.247. The number of rotatable bonds is 6. The Bertz CT molecular complexity index is 1900. The van der Waals surface area contributed by atoms with Gasteiger partial charge in [0.1, 0.15) is 23.7 Å². The van der Waals surface area contributed by atoms with Crippen molar-refractivity contribution in [3.63, 3.8) is 0 Å². The highest BCUT2D eigenvalue weighted by Crippen LogP contribution is 2.45. The van der Waals surface area contributed by atoms with Crippen LogP contribution in [0.3, 0.4) is 0 Å². The Morgan fingerprint density at radius 3 is 2.42 bits per heavy atom. The fourth-order valence-electron chi connectivity index (χ4n) is 6.26. The number of aromatic nitrogens is 1. The molecule has 2 atom stereocenters. The van der Waals surface area contributed by atoms with Crippen LogP contribution in [0.25, 0.3) is 10.9 Å². The number of benzene rings is 4. The Hall–Kier alpha value is -5.31. The number of H-pyrrole nitrogens is 1. The van der Waals surface area contributed by atoms with Crippen molar-refractivity contribution < 1.29 is 23.2 Å². The summed E-state index contributed by atoms with van der Waals surface area (Å²) in [7, 11) is 0. The minimum atomic E-state index is -0.827. The highest BCUT2D eigenvalue weighted by Gasteiger charge is 2.53. The zero-order valence-corrected chi connectivity index (χ0v) is 22.9. The predicted molar refractivity (Wildman–Crippen MR) is 158 cm³/mol. The second-order valence-electron chi connectivity index (χ2n) is 10.7. The van der Waals surface area contributed by atoms with Crippen molar-refractivity contribution in [2.24, 2.45) is 0 Å². The van der Waals surface area contributed by atoms with Gasteiger partial charge in [0.2, 0.25) is 0 Å². The number of para-hydroxylation sites is 2. The standard InChI is InChI=1S/C34H26F2N4O3/c35-22-15-13-21(14-16-22)31-30-25(23-8-2-5-11-27(23)38-30)19-29-33(42)40(34(43)39(29)31)28-12-6-3-9-24(28)32(41)37-18-17-20-7-1-4-10-26(20)36/h1-16,29,31,38H,17-19H2,(H,37,41). The van der Waals surface area contributed by atoms with E-state index in [1.165, 1.54) is 23.1 Å². The molecule has 43 heavy (non-hydrogen) atoms. The van der Waals surface area contributed by atoms with Gasteiger partial charge in [-0.25, -0.2) is 18.5 Å². The third-order valence-corrected chi connectivity index (χ3v) is 8.26. The van der Waals surface area contributed by atoms with Gasteiger partial charge in [-0.05, 0) is 59.5 Å². The molecule has 2 N–H and O–H groups in total. The number of nitrogens with zero attached hydrogens (tertiary/aromatic N) is 2. The summed E-state index contributed by atoms with van der Waals surface area (Å²) in [6.07, 6.45) is 0.568. The first-order valence-electron chi connectivity index (χ1n) is 14.0. The van der Waals surface area contributed by atoms with Crippen LogP contribution in [0.1, 0.15) is 38.8 Å². The topological polar surface area (TPSA) is 85.5 Å². The van der Waals surface area contributed by atoms with Crippen LogP contribution in [0.4, 0.5) is 19.3 Å². The second-order valence-corrected chi connectivity index (χ2v) is 10.7. The van der Waals surface area contributed by atoms with E-state index in [4.69, 9.17) is 0 Å². The zero-order chi connectivity index (χ0) is 29.7. The third-order valence-electron chi connectivity index (χ3n) is 8.26. The van der Waals surface area contributed by atoms with Gasteiger partial charge in [-0.15, -0.1) is 0 Å². The lowest BCUT2D eigenvalue weighted by atomic mass is 9.89. The van der Waals surface area contributed by atoms with Gasteiger partial charge in [0.05, 0.1) is 11.3 Å². The first-order chi connectivity index (χ1) is 20.9. The lowest BCUT2D eigenvalue weighted by molar-refractivity contribution is -0.120. The maximum atomic E-state index is 14.2. The third kappa shape index (κ3) is 4.44. The number of urea groups is 1. The molecule has 2 aliphatic rings. The molecule has 0 saturated carbocycles. The Morgan fingerprint density at radius 2 is 1.60 bits per heavy atom. The van der Waals surface area contributed by atoms with Crippen molar-refractivity contribution in [2.75, 3.05) is 11.4 Å². The lowest BCUT2D eigenvalue weighted by Crippen LogP contribution is -2.44. The minimum absolute atomic E-state index is 0.153. The SMILES string of the molecule is O=C(NCCc1ccccc1F)c1ccccc1N1C(=O)C2Cc3c([nH]c4ccccc34)C(c3ccc(F)cc3)N2C1=O. The molecule has 0 aliphatic carbocycles. The molecule has 9 heteroatoms. The lowest BCUT2D eigenvalue weighted by Gasteiger charge is -2.36. The van der Waals surface area contributed by atoms with E-state index in [1.807, 2.05) is 24.3 Å². The molecular weight excluding hydrogens is 550 g/mol. The van der Waals surface area contributed by atoms with Gasteiger partial charge in [-0.2, -0.15) is 0 Å². The minimum Gasteiger partial charge on any atom is -0.356 e. The number of aromatic amines is 1. The van der Waals surface area contributed by atoms with Crippen LogP contribution in [0.5, 0.6) is 0 Å². The predicted octanol–water partition coefficient (Wildman–Crippen LogP) is 5.90. The van der Waals surface area contributed by atoms with E-state index in [1.54, 1.807) is 54.6 Å². The highest BCUT2D eigenvalue weighted by molar-refractivity contribution is 6.24. The summed E-state index contributed by atoms with van der Waals surface area (Å²) in [5, 5.41) is 3.75. The number of hydrogen-bond donors (Lipinski definition) is 2. The van der Waals surface area contributed by atoms with Crippen LogP contribution in [0.2, 0.25) is 0 Å². The van der Waals surface area contributed by atoms with E-state index in [2.05, 4.69) is 10.3 Å². The molecule has 7 rings (SSSR count). The van der Waals surface area contributed by atoms with Gasteiger partial charge in [0.15, 0.2) is 0 Å². The summed E-state index contributed by atoms with van der Waals surface area (Å²) in [6.45, 7) is 0.166. The molecule has 1 aromatic heterocycles. The molecule has 1 saturated heterocycles. The Balaban J connectivity index is 1.24. The molecule has 214 valence electrons. The van der Waals surface area contributed by atoms with E-state index < -0.39 is 35.7 Å². The number of amides is 4. The van der Waals surface area contributed by atoms with Crippen LogP contribution in [-0.4, -0.2) is 40.3 Å². The number of halogens is 2. The van der Waals surface area contributed by atoms with Gasteiger partial charge in [0, 0.05) is 29.6 Å². The molecule has 3 heterocycles. The molecule has 5 aromatic rings. The van der Waals surface area contributed by atoms with Gasteiger partial charge >= 0.3 is 6.03 Å². The van der Waals surface area contributed by atoms with E-state index in [0.29, 0.717) is 11.1 Å². The molecular formula is C34H26F2N4O3. The highest BCUT2D eigenvalue weighted by atomic mass is 19.1. The summed E-state index contributed by atoms with van der Waals surface area (Å²) >= 11 is 0. The Morgan fingerprint density at radius 1 is 0.884 bits per heavy atom. The summed E-state index contributed by atoms with van der Waals surface area (Å²) < 4.78 is 28.0. The monoisotopic (exact) mass is 576 g/mol. The van der Waals surface area contributed by atoms with Crippen LogP contribution in [0, 0.1) is 11.6 Å². The maximum Gasteiger partial charge on any atom is 0.332 e. The Kier molecular flexibility index (Phi) is 6.50. The van der Waals surface area contributed by atoms with Crippen molar-refractivity contribution in [1.82, 2.24) is 15.2 Å². The number of hydrogen-bond acceptors (Lipinski definition) is 3. The number of nitrogens with one attached hydrogen (secondary N) is 2. The molecule has 7 nitrogen and oxygen atoms in total. The summed E-state index contributed by atoms with van der Waals surface area (Å²) in [5.74, 6) is -1.69. The average molecular weight is 577 g/mol. The number of anilines is 1. The van der Waals surface area contributed by atoms with Crippen LogP contribution in [-0.2, 0) is 17.6 Å². The molecule has 0 spiro atoms. The first kappa shape index (κ1) is 26.6. The van der Waals surface area contributed by atoms with Gasteiger partial charge in [0.25, 0.3) is 11.8 Å². The van der Waals surface area contributed by atoms with E-state index in [-0.39, 0.29) is 36.5 Å². The smallest absolute Gasteiger partial charge is 0.332 e. The van der Waals surface area contributed by atoms with Gasteiger partial charge < -0.3 is 10.3 Å². The first-order valence-corrected chi connectivity index (χ1v) is 14.0. The Labute approximate surface area is 245 Å². The van der Waals surface area contributed by atoms with Crippen molar-refractivity contribution in [3.8, 4) is 0 Å². The summed E-state index contributed by atoms with van der Waals surface area (Å²) in [5.41, 5.74) is 4.03. The van der Waals surface area contributed by atoms with Crippen LogP contribution in [0.15, 0.2) is 97.1 Å². The number of carbonyl (C=O) groups is 3. The van der Waals surface area contributed by atoms with Gasteiger partial charge in [-0.3, -0.25) is 14.5 Å². The number of imide groups is 1. The average Bonchev–Trinajstić information content (AvgIpc) is 3.51. The summed E-state index contributed by atoms with van der Waals surface area (Å²) in [4.78, 5) is 47.6. The van der Waals surface area contributed by atoms with Crippen molar-refractivity contribution in [1.29, 1.82) is 0 Å². The number of fused-ring (bicyclic) bond motifs is 4. The molecule has 0 radical (unpaired) electrons. The summed E-state index contributed by atoms with van der Waals surface area (Å²) in [6, 6.07) is 24.4. The molecule has 4 aromatic carbocycles. The molecule has 2 unspecified atom stereocenters. The van der Waals surface area contributed by atoms with E-state index in [9.17, 15) is 23.2 Å². The van der Waals surface area contributed by atoms with Gasteiger partial charge in [-0.1, -0.05) is 60.7 Å². The second kappa shape index (κ2) is 10.5. The maximum absolute atomic E-state index is 14.2. The number of carbonyl (C=O) groups excluding carboxylic acids is 3. The van der Waals surface area contributed by atoms with Crippen molar-refractivity contribution in [2.45, 2.75) is 24.9 Å². The van der Waals surface area contributed by atoms with E-state index in [0.717, 1.165) is 27.1 Å². The molecule has 2 aliphatic heterocycles. The van der Waals surface area contributed by atoms with Crippen LogP contribution >= 0.6 is 0 Å². The fourth-order valence-corrected chi connectivity index (χ4v) is 6.26. The molecule has 4 amide bonds.